The maximum atomic E-state index is 13.8. The van der Waals surface area contributed by atoms with E-state index in [0.29, 0.717) is 33.3 Å². The number of methoxy groups -OCH3 is 1. The Kier molecular flexibility index (Phi) is 6.39. The van der Waals surface area contributed by atoms with Crippen LogP contribution in [0.4, 0.5) is 4.39 Å². The summed E-state index contributed by atoms with van der Waals surface area (Å²) >= 11 is 1.26. The molecule has 0 amide bonds. The van der Waals surface area contributed by atoms with Gasteiger partial charge in [-0.25, -0.2) is 8.96 Å². The van der Waals surface area contributed by atoms with Crippen LogP contribution >= 0.6 is 11.8 Å². The minimum atomic E-state index is -0.887. The lowest BCUT2D eigenvalue weighted by atomic mass is 10.2. The average molecular weight is 493 g/mol. The van der Waals surface area contributed by atoms with Crippen LogP contribution in [0.5, 0.6) is 11.5 Å². The van der Waals surface area contributed by atoms with E-state index in [1.54, 1.807) is 60.0 Å². The highest BCUT2D eigenvalue weighted by molar-refractivity contribution is 7.99. The molecule has 178 valence electrons. The van der Waals surface area contributed by atoms with Gasteiger partial charge in [0.1, 0.15) is 12.4 Å². The molecule has 0 aliphatic carbocycles. The molecule has 2 aromatic heterocycles. The molecule has 2 heterocycles. The normalized spacial score (nSPS) is 12.2. The summed E-state index contributed by atoms with van der Waals surface area (Å²) in [5.74, 6) is 0.756. The van der Waals surface area contributed by atoms with Gasteiger partial charge in [-0.15, -0.1) is 10.2 Å². The number of benzene rings is 3. The van der Waals surface area contributed by atoms with E-state index in [9.17, 15) is 14.3 Å². The molecular weight excluding hydrogens is 471 g/mol. The lowest BCUT2D eigenvalue weighted by Crippen LogP contribution is -2.22. The number of para-hydroxylation sites is 2. The number of hydrogen-bond donors (Lipinski definition) is 1. The van der Waals surface area contributed by atoms with Gasteiger partial charge < -0.3 is 14.6 Å². The average Bonchev–Trinajstić information content (AvgIpc) is 3.31. The molecule has 0 radical (unpaired) electrons. The molecule has 0 aliphatic heterocycles. The van der Waals surface area contributed by atoms with Crippen molar-refractivity contribution in [2.45, 2.75) is 11.3 Å². The Bertz CT molecular complexity index is 1570. The summed E-state index contributed by atoms with van der Waals surface area (Å²) in [6.07, 6.45) is -0.887. The molecule has 0 aliphatic rings. The van der Waals surface area contributed by atoms with Crippen molar-refractivity contribution in [1.29, 1.82) is 0 Å². The monoisotopic (exact) mass is 492 g/mol. The summed E-state index contributed by atoms with van der Waals surface area (Å²) in [5, 5.41) is 20.0. The fourth-order valence-corrected chi connectivity index (χ4v) is 4.57. The molecule has 35 heavy (non-hydrogen) atoms. The Morgan fingerprint density at radius 1 is 1.06 bits per heavy atom. The smallest absolute Gasteiger partial charge is 0.267 e. The van der Waals surface area contributed by atoms with Crippen LogP contribution in [0.2, 0.25) is 0 Å². The first-order valence-corrected chi connectivity index (χ1v) is 11.8. The van der Waals surface area contributed by atoms with Crippen LogP contribution in [0.3, 0.4) is 0 Å². The molecule has 5 aromatic rings. The van der Waals surface area contributed by atoms with Gasteiger partial charge >= 0.3 is 0 Å². The van der Waals surface area contributed by atoms with Crippen LogP contribution in [0, 0.1) is 5.82 Å². The number of thioether (sulfide) groups is 1. The SMILES string of the molecule is COc1cccc(-n2c(=O)c3ccccc3n3c(SCC(O)COc4ccccc4F)nnc23)c1. The number of aliphatic hydroxyl groups is 1. The van der Waals surface area contributed by atoms with Crippen LogP contribution in [-0.4, -0.2) is 49.8 Å². The first-order valence-electron chi connectivity index (χ1n) is 10.8. The maximum Gasteiger partial charge on any atom is 0.267 e. The third-order valence-electron chi connectivity index (χ3n) is 5.38. The molecule has 1 unspecified atom stereocenters. The van der Waals surface area contributed by atoms with Crippen LogP contribution in [-0.2, 0) is 0 Å². The van der Waals surface area contributed by atoms with Crippen LogP contribution in [0.25, 0.3) is 22.4 Å². The molecule has 8 nitrogen and oxygen atoms in total. The second-order valence-corrected chi connectivity index (χ2v) is 8.67. The molecule has 0 fully saturated rings. The summed E-state index contributed by atoms with van der Waals surface area (Å²) in [4.78, 5) is 13.4. The van der Waals surface area contributed by atoms with Gasteiger partial charge in [-0.3, -0.25) is 9.20 Å². The second-order valence-electron chi connectivity index (χ2n) is 7.68. The molecule has 0 spiro atoms. The summed E-state index contributed by atoms with van der Waals surface area (Å²) in [6, 6.07) is 20.4. The number of halogens is 1. The topological polar surface area (TPSA) is 90.9 Å². The van der Waals surface area contributed by atoms with Crippen LogP contribution < -0.4 is 15.0 Å². The molecule has 1 N–H and O–H groups in total. The lowest BCUT2D eigenvalue weighted by Gasteiger charge is -2.13. The second kappa shape index (κ2) is 9.77. The van der Waals surface area contributed by atoms with Crippen LogP contribution in [0.1, 0.15) is 0 Å². The molecule has 3 aromatic carbocycles. The quantitative estimate of drug-likeness (QED) is 0.330. The minimum Gasteiger partial charge on any atom is -0.497 e. The van der Waals surface area contributed by atoms with Gasteiger partial charge in [0, 0.05) is 11.8 Å². The number of rotatable bonds is 8. The molecule has 0 saturated carbocycles. The number of ether oxygens (including phenoxy) is 2. The zero-order valence-electron chi connectivity index (χ0n) is 18.7. The fourth-order valence-electron chi connectivity index (χ4n) is 3.72. The van der Waals surface area contributed by atoms with E-state index < -0.39 is 11.9 Å². The molecule has 0 saturated heterocycles. The highest BCUT2D eigenvalue weighted by Gasteiger charge is 2.19. The number of fused-ring (bicyclic) bond motifs is 3. The van der Waals surface area contributed by atoms with Crippen molar-refractivity contribution in [3.8, 4) is 17.2 Å². The van der Waals surface area contributed by atoms with Gasteiger partial charge in [0.25, 0.3) is 5.56 Å². The highest BCUT2D eigenvalue weighted by Crippen LogP contribution is 2.25. The van der Waals surface area contributed by atoms with E-state index in [2.05, 4.69) is 10.2 Å². The van der Waals surface area contributed by atoms with E-state index in [0.717, 1.165) is 0 Å². The Labute approximate surface area is 203 Å². The molecule has 5 rings (SSSR count). The third-order valence-corrected chi connectivity index (χ3v) is 6.45. The first kappa shape index (κ1) is 22.9. The van der Waals surface area contributed by atoms with E-state index >= 15 is 0 Å². The summed E-state index contributed by atoms with van der Waals surface area (Å²) in [6.45, 7) is -0.0834. The van der Waals surface area contributed by atoms with Crippen molar-refractivity contribution in [2.75, 3.05) is 19.5 Å². The number of nitrogens with zero attached hydrogens (tertiary/aromatic N) is 4. The maximum absolute atomic E-state index is 13.8. The molecule has 10 heteroatoms. The lowest BCUT2D eigenvalue weighted by molar-refractivity contribution is 0.123. The predicted molar refractivity (Wildman–Crippen MR) is 131 cm³/mol. The standard InChI is InChI=1S/C25H21FN4O4S/c1-33-18-8-6-7-16(13-18)29-23(32)19-9-2-4-11-21(19)30-24(29)27-28-25(30)35-15-17(31)14-34-22-12-5-3-10-20(22)26/h2-13,17,31H,14-15H2,1H3. The van der Waals surface area contributed by atoms with Gasteiger partial charge in [-0.2, -0.15) is 0 Å². The van der Waals surface area contributed by atoms with E-state index in [1.165, 1.54) is 28.5 Å². The van der Waals surface area contributed by atoms with Crippen molar-refractivity contribution >= 4 is 28.4 Å². The minimum absolute atomic E-state index is 0.0813. The number of aromatic nitrogens is 4. The molecule has 0 bridgehead atoms. The Morgan fingerprint density at radius 3 is 2.69 bits per heavy atom. The third kappa shape index (κ3) is 4.45. The zero-order valence-corrected chi connectivity index (χ0v) is 19.5. The van der Waals surface area contributed by atoms with Gasteiger partial charge in [0.2, 0.25) is 5.78 Å². The largest absolute Gasteiger partial charge is 0.497 e. The molecule has 1 atom stereocenters. The fraction of sp³-hybridized carbons (Fsp3) is 0.160. The highest BCUT2D eigenvalue weighted by atomic mass is 32.2. The summed E-state index contributed by atoms with van der Waals surface area (Å²) in [7, 11) is 1.56. The van der Waals surface area contributed by atoms with Gasteiger partial charge in [0.15, 0.2) is 16.7 Å². The van der Waals surface area contributed by atoms with Crippen molar-refractivity contribution in [3.05, 3.63) is 89.0 Å². The predicted octanol–water partition coefficient (Wildman–Crippen LogP) is 3.71. The van der Waals surface area contributed by atoms with Crippen molar-refractivity contribution in [1.82, 2.24) is 19.2 Å². The molecular formula is C25H21FN4O4S. The van der Waals surface area contributed by atoms with E-state index in [4.69, 9.17) is 9.47 Å². The van der Waals surface area contributed by atoms with Crippen molar-refractivity contribution in [3.63, 3.8) is 0 Å². The zero-order chi connectivity index (χ0) is 24.4. The Balaban J connectivity index is 1.49. The van der Waals surface area contributed by atoms with Gasteiger partial charge in [-0.1, -0.05) is 42.1 Å². The number of hydrogen-bond acceptors (Lipinski definition) is 7. The van der Waals surface area contributed by atoms with Gasteiger partial charge in [0.05, 0.1) is 29.8 Å². The Hall–Kier alpha value is -3.89. The first-order chi connectivity index (χ1) is 17.1. The van der Waals surface area contributed by atoms with E-state index in [-0.39, 0.29) is 23.7 Å². The van der Waals surface area contributed by atoms with Crippen LogP contribution in [0.15, 0.2) is 82.7 Å². The Morgan fingerprint density at radius 2 is 1.86 bits per heavy atom. The summed E-state index contributed by atoms with van der Waals surface area (Å²) in [5.41, 5.74) is 1.01. The van der Waals surface area contributed by atoms with E-state index in [1.807, 2.05) is 12.1 Å². The van der Waals surface area contributed by atoms with Crippen molar-refractivity contribution < 1.29 is 19.0 Å². The summed E-state index contributed by atoms with van der Waals surface area (Å²) < 4.78 is 27.8. The van der Waals surface area contributed by atoms with Gasteiger partial charge in [-0.05, 0) is 36.4 Å². The van der Waals surface area contributed by atoms with Crippen molar-refractivity contribution in [2.24, 2.45) is 0 Å². The number of aliphatic hydroxyl groups excluding tert-OH is 1.